The van der Waals surface area contributed by atoms with E-state index < -0.39 is 4.92 Å². The van der Waals surface area contributed by atoms with E-state index in [4.69, 9.17) is 16.3 Å². The highest BCUT2D eigenvalue weighted by Crippen LogP contribution is 2.31. The molecule has 0 fully saturated rings. The molecule has 0 bridgehead atoms. The third-order valence-corrected chi connectivity index (χ3v) is 3.18. The van der Waals surface area contributed by atoms with Crippen LogP contribution >= 0.6 is 23.4 Å². The fourth-order valence-electron chi connectivity index (χ4n) is 1.16. The van der Waals surface area contributed by atoms with E-state index >= 15 is 0 Å². The smallest absolute Gasteiger partial charge is 0.310 e. The van der Waals surface area contributed by atoms with Crippen molar-refractivity contribution in [2.75, 3.05) is 18.2 Å². The topological polar surface area (TPSA) is 52.4 Å². The van der Waals surface area contributed by atoms with Gasteiger partial charge in [-0.3, -0.25) is 10.1 Å². The summed E-state index contributed by atoms with van der Waals surface area (Å²) < 4.78 is 5.23. The average molecular weight is 262 g/mol. The van der Waals surface area contributed by atoms with E-state index in [1.165, 1.54) is 6.07 Å². The van der Waals surface area contributed by atoms with Crippen molar-refractivity contribution in [3.63, 3.8) is 0 Å². The number of thioether (sulfide) groups is 1. The van der Waals surface area contributed by atoms with Gasteiger partial charge in [0.15, 0.2) is 5.75 Å². The Labute approximate surface area is 103 Å². The van der Waals surface area contributed by atoms with Gasteiger partial charge in [0.05, 0.1) is 11.5 Å². The third-order valence-electron chi connectivity index (χ3n) is 1.77. The Bertz CT molecular complexity index is 373. The van der Waals surface area contributed by atoms with Crippen molar-refractivity contribution in [2.24, 2.45) is 0 Å². The molecule has 0 aliphatic rings. The van der Waals surface area contributed by atoms with Gasteiger partial charge in [0.25, 0.3) is 0 Å². The minimum atomic E-state index is -0.443. The van der Waals surface area contributed by atoms with Gasteiger partial charge in [0, 0.05) is 28.7 Å². The van der Waals surface area contributed by atoms with Crippen LogP contribution in [-0.2, 0) is 0 Å². The summed E-state index contributed by atoms with van der Waals surface area (Å²) in [5.74, 6) is 1.63. The van der Waals surface area contributed by atoms with Crippen LogP contribution in [0.15, 0.2) is 23.1 Å². The molecule has 0 amide bonds. The molecule has 1 rings (SSSR count). The first kappa shape index (κ1) is 13.1. The molecule has 0 aromatic heterocycles. The minimum absolute atomic E-state index is 0.00271. The molecule has 0 radical (unpaired) electrons. The van der Waals surface area contributed by atoms with Crippen molar-refractivity contribution in [1.29, 1.82) is 0 Å². The van der Waals surface area contributed by atoms with Crippen LogP contribution < -0.4 is 4.74 Å². The van der Waals surface area contributed by atoms with Gasteiger partial charge in [-0.05, 0) is 13.0 Å². The number of alkyl halides is 1. The van der Waals surface area contributed by atoms with Crippen LogP contribution in [-0.4, -0.2) is 23.2 Å². The van der Waals surface area contributed by atoms with E-state index in [1.54, 1.807) is 30.8 Å². The molecule has 0 heterocycles. The molecule has 88 valence electrons. The number of nitro benzene ring substituents is 1. The number of nitro groups is 1. The highest BCUT2D eigenvalue weighted by Gasteiger charge is 2.15. The lowest BCUT2D eigenvalue weighted by Crippen LogP contribution is -1.97. The molecular weight excluding hydrogens is 250 g/mol. The lowest BCUT2D eigenvalue weighted by Gasteiger charge is -2.06. The van der Waals surface area contributed by atoms with Crippen LogP contribution in [0.25, 0.3) is 0 Å². The largest absolute Gasteiger partial charge is 0.487 e. The van der Waals surface area contributed by atoms with E-state index in [9.17, 15) is 10.1 Å². The standard InChI is InChI=1S/C10H12ClNO3S/c1-2-15-10-7-8(16-6-5-11)3-4-9(10)12(13)14/h3-4,7H,2,5-6H2,1H3. The highest BCUT2D eigenvalue weighted by atomic mass is 35.5. The normalized spacial score (nSPS) is 10.1. The number of nitrogens with zero attached hydrogens (tertiary/aromatic N) is 1. The van der Waals surface area contributed by atoms with Crippen molar-refractivity contribution in [3.8, 4) is 5.75 Å². The van der Waals surface area contributed by atoms with Gasteiger partial charge >= 0.3 is 5.69 Å². The van der Waals surface area contributed by atoms with Gasteiger partial charge in [-0.25, -0.2) is 0 Å². The molecule has 0 saturated carbocycles. The van der Waals surface area contributed by atoms with Crippen molar-refractivity contribution in [3.05, 3.63) is 28.3 Å². The molecule has 0 atom stereocenters. The van der Waals surface area contributed by atoms with Gasteiger partial charge in [0.2, 0.25) is 0 Å². The zero-order valence-corrected chi connectivity index (χ0v) is 10.4. The second kappa shape index (κ2) is 6.60. The molecular formula is C10H12ClNO3S. The second-order valence-corrected chi connectivity index (χ2v) is 4.40. The first-order valence-corrected chi connectivity index (χ1v) is 6.31. The molecule has 1 aromatic carbocycles. The Morgan fingerprint density at radius 2 is 2.31 bits per heavy atom. The summed E-state index contributed by atoms with van der Waals surface area (Å²) in [7, 11) is 0. The van der Waals surface area contributed by atoms with Crippen LogP contribution in [0.4, 0.5) is 5.69 Å². The molecule has 1 aromatic rings. The van der Waals surface area contributed by atoms with E-state index in [0.29, 0.717) is 18.2 Å². The van der Waals surface area contributed by atoms with Crippen LogP contribution in [0.3, 0.4) is 0 Å². The zero-order chi connectivity index (χ0) is 12.0. The van der Waals surface area contributed by atoms with Gasteiger partial charge in [-0.2, -0.15) is 0 Å². The molecule has 0 aliphatic carbocycles. The number of benzene rings is 1. The summed E-state index contributed by atoms with van der Waals surface area (Å²) in [6.07, 6.45) is 0. The maximum atomic E-state index is 10.7. The zero-order valence-electron chi connectivity index (χ0n) is 8.81. The fraction of sp³-hybridized carbons (Fsp3) is 0.400. The predicted octanol–water partition coefficient (Wildman–Crippen LogP) is 3.32. The molecule has 0 N–H and O–H groups in total. The third kappa shape index (κ3) is 3.57. The number of ether oxygens (including phenoxy) is 1. The molecule has 0 aliphatic heterocycles. The molecule has 0 unspecified atom stereocenters. The molecule has 16 heavy (non-hydrogen) atoms. The van der Waals surface area contributed by atoms with Crippen molar-refractivity contribution in [2.45, 2.75) is 11.8 Å². The molecule has 0 saturated heterocycles. The van der Waals surface area contributed by atoms with E-state index in [1.807, 2.05) is 0 Å². The highest BCUT2D eigenvalue weighted by molar-refractivity contribution is 7.99. The fourth-order valence-corrected chi connectivity index (χ4v) is 2.06. The van der Waals surface area contributed by atoms with Crippen molar-refractivity contribution < 1.29 is 9.66 Å². The monoisotopic (exact) mass is 261 g/mol. The second-order valence-electron chi connectivity index (χ2n) is 2.86. The van der Waals surface area contributed by atoms with E-state index in [-0.39, 0.29) is 5.69 Å². The van der Waals surface area contributed by atoms with Gasteiger partial charge < -0.3 is 4.74 Å². The summed E-state index contributed by atoms with van der Waals surface area (Å²) in [5.41, 5.74) is -0.00271. The number of hydrogen-bond donors (Lipinski definition) is 0. The quantitative estimate of drug-likeness (QED) is 0.341. The summed E-state index contributed by atoms with van der Waals surface area (Å²) in [5, 5.41) is 10.7. The maximum absolute atomic E-state index is 10.7. The number of rotatable bonds is 6. The van der Waals surface area contributed by atoms with Crippen LogP contribution in [0.2, 0.25) is 0 Å². The van der Waals surface area contributed by atoms with Gasteiger partial charge in [-0.15, -0.1) is 23.4 Å². The van der Waals surface area contributed by atoms with E-state index in [2.05, 4.69) is 0 Å². The minimum Gasteiger partial charge on any atom is -0.487 e. The first-order valence-electron chi connectivity index (χ1n) is 4.79. The first-order chi connectivity index (χ1) is 7.69. The average Bonchev–Trinajstić information content (AvgIpc) is 2.26. The van der Waals surface area contributed by atoms with Crippen LogP contribution in [0.5, 0.6) is 5.75 Å². The summed E-state index contributed by atoms with van der Waals surface area (Å²) in [4.78, 5) is 11.2. The van der Waals surface area contributed by atoms with Crippen molar-refractivity contribution in [1.82, 2.24) is 0 Å². The number of halogens is 1. The Balaban J connectivity index is 2.92. The van der Waals surface area contributed by atoms with Crippen LogP contribution in [0, 0.1) is 10.1 Å². The Morgan fingerprint density at radius 3 is 2.88 bits per heavy atom. The van der Waals surface area contributed by atoms with E-state index in [0.717, 1.165) is 10.6 Å². The Morgan fingerprint density at radius 1 is 1.56 bits per heavy atom. The molecule has 6 heteroatoms. The van der Waals surface area contributed by atoms with Crippen molar-refractivity contribution >= 4 is 29.1 Å². The lowest BCUT2D eigenvalue weighted by atomic mass is 10.3. The predicted molar refractivity (Wildman–Crippen MR) is 65.7 cm³/mol. The number of hydrogen-bond acceptors (Lipinski definition) is 4. The summed E-state index contributed by atoms with van der Waals surface area (Å²) in [6.45, 7) is 2.20. The Kier molecular flexibility index (Phi) is 5.42. The SMILES string of the molecule is CCOc1cc(SCCCl)ccc1[N+](=O)[O-]. The molecule has 0 spiro atoms. The Hall–Kier alpha value is -0.940. The van der Waals surface area contributed by atoms with Crippen LogP contribution in [0.1, 0.15) is 6.92 Å². The van der Waals surface area contributed by atoms with Gasteiger partial charge in [0.1, 0.15) is 0 Å². The maximum Gasteiger partial charge on any atom is 0.310 e. The lowest BCUT2D eigenvalue weighted by molar-refractivity contribution is -0.385. The van der Waals surface area contributed by atoms with Gasteiger partial charge in [-0.1, -0.05) is 0 Å². The summed E-state index contributed by atoms with van der Waals surface area (Å²) >= 11 is 7.12. The molecule has 4 nitrogen and oxygen atoms in total. The summed E-state index contributed by atoms with van der Waals surface area (Å²) in [6, 6.07) is 4.85.